The van der Waals surface area contributed by atoms with E-state index >= 15 is 0 Å². The van der Waals surface area contributed by atoms with Gasteiger partial charge in [0, 0.05) is 19.0 Å². The van der Waals surface area contributed by atoms with E-state index in [1.54, 1.807) is 0 Å². The molecule has 0 bridgehead atoms. The number of hydrogen-bond acceptors (Lipinski definition) is 2. The molecule has 4 heteroatoms. The molecule has 3 atom stereocenters. The van der Waals surface area contributed by atoms with Gasteiger partial charge in [-0.3, -0.25) is 9.59 Å². The van der Waals surface area contributed by atoms with Crippen LogP contribution in [-0.4, -0.2) is 35.0 Å². The molecule has 1 aliphatic heterocycles. The Morgan fingerprint density at radius 1 is 1.06 bits per heavy atom. The third-order valence-corrected chi connectivity index (χ3v) is 4.77. The predicted molar refractivity (Wildman–Crippen MR) is 61.3 cm³/mol. The molecule has 0 radical (unpaired) electrons. The fraction of sp³-hybridized carbons (Fsp3) is 0.846. The molecule has 3 fully saturated rings. The number of carbonyl (C=O) groups excluding carboxylic acids is 1. The summed E-state index contributed by atoms with van der Waals surface area (Å²) in [5, 5.41) is 9.02. The van der Waals surface area contributed by atoms with E-state index in [1.165, 1.54) is 19.3 Å². The Kier molecular flexibility index (Phi) is 2.60. The van der Waals surface area contributed by atoms with Crippen molar-refractivity contribution in [1.29, 1.82) is 0 Å². The van der Waals surface area contributed by atoms with Crippen molar-refractivity contribution in [1.82, 2.24) is 4.90 Å². The zero-order valence-corrected chi connectivity index (χ0v) is 9.97. The smallest absolute Gasteiger partial charge is 0.308 e. The van der Waals surface area contributed by atoms with Gasteiger partial charge in [-0.05, 0) is 37.5 Å². The van der Waals surface area contributed by atoms with Gasteiger partial charge in [0.05, 0.1) is 5.92 Å². The number of rotatable bonds is 2. The predicted octanol–water partition coefficient (Wildman–Crippen LogP) is 1.36. The largest absolute Gasteiger partial charge is 0.481 e. The molecule has 0 spiro atoms. The number of hydrogen-bond donors (Lipinski definition) is 1. The van der Waals surface area contributed by atoms with Crippen LogP contribution in [-0.2, 0) is 9.59 Å². The summed E-state index contributed by atoms with van der Waals surface area (Å²) in [4.78, 5) is 25.1. The van der Waals surface area contributed by atoms with Crippen molar-refractivity contribution in [3.05, 3.63) is 0 Å². The van der Waals surface area contributed by atoms with E-state index < -0.39 is 5.97 Å². The minimum atomic E-state index is -0.751. The third-order valence-electron chi connectivity index (χ3n) is 4.77. The van der Waals surface area contributed by atoms with Gasteiger partial charge in [0.2, 0.25) is 5.91 Å². The first-order valence-corrected chi connectivity index (χ1v) is 6.70. The van der Waals surface area contributed by atoms with Crippen LogP contribution >= 0.6 is 0 Å². The van der Waals surface area contributed by atoms with Crippen molar-refractivity contribution in [3.63, 3.8) is 0 Å². The lowest BCUT2D eigenvalue weighted by Gasteiger charge is -2.31. The SMILES string of the molecule is O=C(O)[C@@H]1CCCN(C(=O)C2C3CCCC32)C1. The van der Waals surface area contributed by atoms with E-state index in [-0.39, 0.29) is 17.7 Å². The van der Waals surface area contributed by atoms with Crippen LogP contribution in [0.4, 0.5) is 0 Å². The number of nitrogens with zero attached hydrogens (tertiary/aromatic N) is 1. The number of aliphatic carboxylic acids is 1. The molecular formula is C13H19NO3. The summed E-state index contributed by atoms with van der Waals surface area (Å²) in [5.74, 6) is 0.659. The van der Waals surface area contributed by atoms with E-state index in [2.05, 4.69) is 0 Å². The Morgan fingerprint density at radius 2 is 1.76 bits per heavy atom. The Hall–Kier alpha value is -1.06. The minimum absolute atomic E-state index is 0.241. The molecule has 1 saturated heterocycles. The van der Waals surface area contributed by atoms with Crippen LogP contribution in [0.1, 0.15) is 32.1 Å². The number of carboxylic acid groups (broad SMARTS) is 1. The average molecular weight is 237 g/mol. The Bertz CT molecular complexity index is 345. The normalized spacial score (nSPS) is 39.9. The van der Waals surface area contributed by atoms with Gasteiger partial charge in [-0.2, -0.15) is 0 Å². The Morgan fingerprint density at radius 3 is 2.41 bits per heavy atom. The lowest BCUT2D eigenvalue weighted by atomic mass is 9.97. The molecule has 94 valence electrons. The van der Waals surface area contributed by atoms with Gasteiger partial charge in [0.25, 0.3) is 0 Å². The van der Waals surface area contributed by atoms with Gasteiger partial charge in [0.1, 0.15) is 0 Å². The lowest BCUT2D eigenvalue weighted by Crippen LogP contribution is -2.43. The first kappa shape index (κ1) is 11.1. The number of piperidine rings is 1. The van der Waals surface area contributed by atoms with Crippen LogP contribution in [0.5, 0.6) is 0 Å². The van der Waals surface area contributed by atoms with Crippen molar-refractivity contribution in [2.45, 2.75) is 32.1 Å². The highest BCUT2D eigenvalue weighted by Gasteiger charge is 2.57. The van der Waals surface area contributed by atoms with Crippen molar-refractivity contribution in [3.8, 4) is 0 Å². The second kappa shape index (κ2) is 4.00. The third kappa shape index (κ3) is 1.83. The monoisotopic (exact) mass is 237 g/mol. The van der Waals surface area contributed by atoms with E-state index in [0.29, 0.717) is 18.4 Å². The van der Waals surface area contributed by atoms with Gasteiger partial charge in [0.15, 0.2) is 0 Å². The van der Waals surface area contributed by atoms with Crippen LogP contribution in [0.15, 0.2) is 0 Å². The van der Waals surface area contributed by atoms with Crippen molar-refractivity contribution < 1.29 is 14.7 Å². The summed E-state index contributed by atoms with van der Waals surface area (Å²) in [6.07, 6.45) is 5.24. The quantitative estimate of drug-likeness (QED) is 0.788. The van der Waals surface area contributed by atoms with E-state index in [4.69, 9.17) is 5.11 Å². The van der Waals surface area contributed by atoms with E-state index in [0.717, 1.165) is 19.4 Å². The highest BCUT2D eigenvalue weighted by atomic mass is 16.4. The zero-order chi connectivity index (χ0) is 12.0. The number of fused-ring (bicyclic) bond motifs is 1. The maximum atomic E-state index is 12.3. The molecule has 2 unspecified atom stereocenters. The second-order valence-electron chi connectivity index (χ2n) is 5.75. The first-order valence-electron chi connectivity index (χ1n) is 6.70. The van der Waals surface area contributed by atoms with E-state index in [9.17, 15) is 9.59 Å². The first-order chi connectivity index (χ1) is 8.18. The molecule has 0 aromatic heterocycles. The highest BCUT2D eigenvalue weighted by molar-refractivity contribution is 5.83. The van der Waals surface area contributed by atoms with Crippen LogP contribution in [0.3, 0.4) is 0 Å². The molecule has 4 nitrogen and oxygen atoms in total. The van der Waals surface area contributed by atoms with Crippen molar-refractivity contribution >= 4 is 11.9 Å². The molecule has 3 rings (SSSR count). The summed E-state index contributed by atoms with van der Waals surface area (Å²) in [5.41, 5.74) is 0. The molecule has 1 heterocycles. The van der Waals surface area contributed by atoms with Gasteiger partial charge >= 0.3 is 5.97 Å². The Balaban J connectivity index is 1.60. The van der Waals surface area contributed by atoms with Gasteiger partial charge in [-0.25, -0.2) is 0 Å². The fourth-order valence-electron chi connectivity index (χ4n) is 3.78. The lowest BCUT2D eigenvalue weighted by molar-refractivity contribution is -0.146. The van der Waals surface area contributed by atoms with Gasteiger partial charge in [-0.1, -0.05) is 6.42 Å². The molecule has 2 saturated carbocycles. The van der Waals surface area contributed by atoms with Crippen LogP contribution < -0.4 is 0 Å². The molecule has 0 aromatic carbocycles. The number of carbonyl (C=O) groups is 2. The topological polar surface area (TPSA) is 57.6 Å². The summed E-state index contributed by atoms with van der Waals surface area (Å²) >= 11 is 0. The molecule has 17 heavy (non-hydrogen) atoms. The fourth-order valence-corrected chi connectivity index (χ4v) is 3.78. The molecule has 3 aliphatic rings. The van der Waals surface area contributed by atoms with Crippen LogP contribution in [0.2, 0.25) is 0 Å². The molecule has 1 N–H and O–H groups in total. The highest BCUT2D eigenvalue weighted by Crippen LogP contribution is 2.58. The average Bonchev–Trinajstić information content (AvgIpc) is 2.81. The van der Waals surface area contributed by atoms with E-state index in [1.807, 2.05) is 4.90 Å². The maximum Gasteiger partial charge on any atom is 0.308 e. The molecule has 1 amide bonds. The van der Waals surface area contributed by atoms with Crippen molar-refractivity contribution in [2.75, 3.05) is 13.1 Å². The molecular weight excluding hydrogens is 218 g/mol. The number of carboxylic acids is 1. The van der Waals surface area contributed by atoms with Crippen LogP contribution in [0.25, 0.3) is 0 Å². The maximum absolute atomic E-state index is 12.3. The summed E-state index contributed by atoms with van der Waals surface area (Å²) in [6, 6.07) is 0. The van der Waals surface area contributed by atoms with Crippen molar-refractivity contribution in [2.24, 2.45) is 23.7 Å². The number of likely N-dealkylation sites (tertiary alicyclic amines) is 1. The minimum Gasteiger partial charge on any atom is -0.481 e. The standard InChI is InChI=1S/C13H19NO3/c15-12(11-9-4-1-5-10(9)11)14-6-2-3-8(7-14)13(16)17/h8-11H,1-7H2,(H,16,17)/t8-,9?,10?,11?/m1/s1. The second-order valence-corrected chi connectivity index (χ2v) is 5.75. The van der Waals surface area contributed by atoms with Crippen LogP contribution in [0, 0.1) is 23.7 Å². The molecule has 2 aliphatic carbocycles. The summed E-state index contributed by atoms with van der Waals surface area (Å²) in [7, 11) is 0. The zero-order valence-electron chi connectivity index (χ0n) is 9.97. The van der Waals surface area contributed by atoms with Gasteiger partial charge < -0.3 is 10.0 Å². The van der Waals surface area contributed by atoms with Gasteiger partial charge in [-0.15, -0.1) is 0 Å². The Labute approximate surface area is 101 Å². The molecule has 0 aromatic rings. The number of amides is 1. The summed E-state index contributed by atoms with van der Waals surface area (Å²) in [6.45, 7) is 1.20. The summed E-state index contributed by atoms with van der Waals surface area (Å²) < 4.78 is 0.